The molecule has 0 unspecified atom stereocenters. The number of amides is 2. The van der Waals surface area contributed by atoms with Gasteiger partial charge in [0.15, 0.2) is 5.17 Å². The highest BCUT2D eigenvalue weighted by Gasteiger charge is 2.32. The third-order valence-corrected chi connectivity index (χ3v) is 5.19. The zero-order valence-corrected chi connectivity index (χ0v) is 16.1. The van der Waals surface area contributed by atoms with Crippen molar-refractivity contribution in [2.75, 3.05) is 11.9 Å². The summed E-state index contributed by atoms with van der Waals surface area (Å²) >= 11 is 19.0. The molecule has 0 radical (unpaired) electrons. The molecule has 1 aliphatic heterocycles. The molecule has 9 heteroatoms. The first-order valence-corrected chi connectivity index (χ1v) is 9.24. The maximum Gasteiger partial charge on any atom is 0.240 e. The molecule has 1 heterocycles. The van der Waals surface area contributed by atoms with Crippen LogP contribution in [-0.4, -0.2) is 28.8 Å². The molecule has 0 aliphatic carbocycles. The molecular weight excluding hydrogens is 393 g/mol. The van der Waals surface area contributed by atoms with Crippen LogP contribution >= 0.6 is 46.6 Å². The predicted octanol–water partition coefficient (Wildman–Crippen LogP) is 4.22. The third kappa shape index (κ3) is 5.28. The van der Waals surface area contributed by atoms with Crippen molar-refractivity contribution in [1.29, 1.82) is 0 Å². The van der Waals surface area contributed by atoms with E-state index in [4.69, 9.17) is 34.8 Å². The number of carbonyl (C=O) groups is 2. The first-order chi connectivity index (χ1) is 11.3. The minimum Gasteiger partial charge on any atom is -0.325 e. The lowest BCUT2D eigenvalue weighted by molar-refractivity contribution is -0.122. The zero-order chi connectivity index (χ0) is 17.9. The molecule has 0 bridgehead atoms. The summed E-state index contributed by atoms with van der Waals surface area (Å²) in [6, 6.07) is 2.93. The van der Waals surface area contributed by atoms with Gasteiger partial charge in [-0.1, -0.05) is 60.4 Å². The molecule has 1 aromatic carbocycles. The molecule has 2 rings (SSSR count). The second-order valence-corrected chi connectivity index (χ2v) is 8.05. The number of thioether (sulfide) groups is 1. The highest BCUT2D eigenvalue weighted by Crippen LogP contribution is 2.32. The lowest BCUT2D eigenvalue weighted by Gasteiger charge is -2.10. The minimum absolute atomic E-state index is 0.00771. The Morgan fingerprint density at radius 2 is 1.96 bits per heavy atom. The average Bonchev–Trinajstić information content (AvgIpc) is 2.83. The normalized spacial score (nSPS) is 19.0. The summed E-state index contributed by atoms with van der Waals surface area (Å²) < 4.78 is 0. The van der Waals surface area contributed by atoms with Crippen molar-refractivity contribution in [3.8, 4) is 0 Å². The van der Waals surface area contributed by atoms with Gasteiger partial charge in [0, 0.05) is 13.0 Å². The summed E-state index contributed by atoms with van der Waals surface area (Å²) in [5.74, 6) is -0.167. The fourth-order valence-electron chi connectivity index (χ4n) is 1.87. The van der Waals surface area contributed by atoms with Crippen LogP contribution in [0.5, 0.6) is 0 Å². The number of nitrogens with one attached hydrogen (secondary N) is 2. The monoisotopic (exact) mass is 407 g/mol. The second-order valence-electron chi connectivity index (χ2n) is 5.63. The summed E-state index contributed by atoms with van der Waals surface area (Å²) in [5.41, 5.74) is 0.355. The van der Waals surface area contributed by atoms with Crippen LogP contribution in [-0.2, 0) is 9.59 Å². The van der Waals surface area contributed by atoms with Gasteiger partial charge in [0.1, 0.15) is 5.25 Å². The Morgan fingerprint density at radius 1 is 1.29 bits per heavy atom. The summed E-state index contributed by atoms with van der Waals surface area (Å²) in [5, 5.41) is 6.23. The molecular formula is C15H16Cl3N3O2S. The SMILES string of the molecule is CC(C)CN=C1NC(=O)[C@@H](CC(=O)Nc2cc(Cl)c(Cl)cc2Cl)S1. The van der Waals surface area contributed by atoms with Crippen molar-refractivity contribution in [3.63, 3.8) is 0 Å². The number of aliphatic imine (C=N–C) groups is 1. The lowest BCUT2D eigenvalue weighted by atomic mass is 10.2. The molecule has 0 saturated carbocycles. The van der Waals surface area contributed by atoms with Gasteiger partial charge < -0.3 is 10.6 Å². The Kier molecular flexibility index (Phi) is 6.80. The van der Waals surface area contributed by atoms with E-state index in [1.807, 2.05) is 13.8 Å². The molecule has 2 N–H and O–H groups in total. The van der Waals surface area contributed by atoms with Gasteiger partial charge in [0.05, 0.1) is 20.8 Å². The van der Waals surface area contributed by atoms with Crippen molar-refractivity contribution in [2.45, 2.75) is 25.5 Å². The lowest BCUT2D eigenvalue weighted by Crippen LogP contribution is -2.28. The van der Waals surface area contributed by atoms with E-state index < -0.39 is 5.25 Å². The Bertz CT molecular complexity index is 695. The maximum atomic E-state index is 12.2. The van der Waals surface area contributed by atoms with Crippen LogP contribution in [0, 0.1) is 5.92 Å². The van der Waals surface area contributed by atoms with Gasteiger partial charge in [-0.15, -0.1) is 0 Å². The summed E-state index contributed by atoms with van der Waals surface area (Å²) in [4.78, 5) is 28.4. The molecule has 24 heavy (non-hydrogen) atoms. The standard InChI is InChI=1S/C15H16Cl3N3O2S/c1-7(2)6-19-15-21-14(23)12(24-15)5-13(22)20-11-4-9(17)8(16)3-10(11)18/h3-4,7,12H,5-6H2,1-2H3,(H,20,22)(H,19,21,23)/t12-/m1/s1. The average molecular weight is 409 g/mol. The highest BCUT2D eigenvalue weighted by atomic mass is 35.5. The van der Waals surface area contributed by atoms with Crippen LogP contribution in [0.2, 0.25) is 15.1 Å². The topological polar surface area (TPSA) is 70.6 Å². The van der Waals surface area contributed by atoms with E-state index in [2.05, 4.69) is 15.6 Å². The van der Waals surface area contributed by atoms with E-state index in [0.717, 1.165) is 0 Å². The van der Waals surface area contributed by atoms with E-state index in [1.165, 1.54) is 23.9 Å². The molecule has 5 nitrogen and oxygen atoms in total. The summed E-state index contributed by atoms with van der Waals surface area (Å²) in [6.07, 6.45) is 0.00771. The second kappa shape index (κ2) is 8.43. The predicted molar refractivity (Wildman–Crippen MR) is 101 cm³/mol. The molecule has 1 atom stereocenters. The van der Waals surface area contributed by atoms with Crippen molar-refractivity contribution in [3.05, 3.63) is 27.2 Å². The molecule has 1 saturated heterocycles. The first-order valence-electron chi connectivity index (χ1n) is 7.22. The summed E-state index contributed by atoms with van der Waals surface area (Å²) in [7, 11) is 0. The van der Waals surface area contributed by atoms with Crippen LogP contribution in [0.3, 0.4) is 0 Å². The van der Waals surface area contributed by atoms with Gasteiger partial charge >= 0.3 is 0 Å². The number of benzene rings is 1. The van der Waals surface area contributed by atoms with Crippen molar-refractivity contribution in [2.24, 2.45) is 10.9 Å². The molecule has 1 fully saturated rings. The van der Waals surface area contributed by atoms with Crippen molar-refractivity contribution in [1.82, 2.24) is 5.32 Å². The highest BCUT2D eigenvalue weighted by molar-refractivity contribution is 8.15. The fourth-order valence-corrected chi connectivity index (χ4v) is 3.44. The molecule has 1 aromatic rings. The van der Waals surface area contributed by atoms with E-state index in [0.29, 0.717) is 28.3 Å². The molecule has 2 amide bonds. The first kappa shape index (κ1) is 19.4. The number of nitrogens with zero attached hydrogens (tertiary/aromatic N) is 1. The Balaban J connectivity index is 1.97. The number of carbonyl (C=O) groups excluding carboxylic acids is 2. The number of halogens is 3. The van der Waals surface area contributed by atoms with Gasteiger partial charge in [0.25, 0.3) is 0 Å². The zero-order valence-electron chi connectivity index (χ0n) is 13.0. The maximum absolute atomic E-state index is 12.2. The van der Waals surface area contributed by atoms with Crippen molar-refractivity contribution < 1.29 is 9.59 Å². The van der Waals surface area contributed by atoms with E-state index >= 15 is 0 Å². The Morgan fingerprint density at radius 3 is 2.62 bits per heavy atom. The number of anilines is 1. The van der Waals surface area contributed by atoms with Gasteiger partial charge in [-0.2, -0.15) is 0 Å². The van der Waals surface area contributed by atoms with E-state index in [-0.39, 0.29) is 28.3 Å². The molecule has 1 aliphatic rings. The molecule has 0 aromatic heterocycles. The van der Waals surface area contributed by atoms with Crippen LogP contribution in [0.4, 0.5) is 5.69 Å². The number of amidine groups is 1. The Hall–Kier alpha value is -0.950. The number of rotatable bonds is 5. The van der Waals surface area contributed by atoms with Crippen molar-refractivity contribution >= 4 is 69.2 Å². The molecule has 0 spiro atoms. The van der Waals surface area contributed by atoms with Crippen LogP contribution < -0.4 is 10.6 Å². The largest absolute Gasteiger partial charge is 0.325 e. The van der Waals surface area contributed by atoms with Gasteiger partial charge in [-0.05, 0) is 18.1 Å². The van der Waals surface area contributed by atoms with Gasteiger partial charge in [-0.25, -0.2) is 0 Å². The van der Waals surface area contributed by atoms with Crippen LogP contribution in [0.25, 0.3) is 0 Å². The summed E-state index contributed by atoms with van der Waals surface area (Å²) in [6.45, 7) is 4.70. The fraction of sp³-hybridized carbons (Fsp3) is 0.400. The quantitative estimate of drug-likeness (QED) is 0.717. The number of hydrogen-bond acceptors (Lipinski definition) is 4. The van der Waals surface area contributed by atoms with E-state index in [1.54, 1.807) is 0 Å². The van der Waals surface area contributed by atoms with Crippen LogP contribution in [0.1, 0.15) is 20.3 Å². The third-order valence-electron chi connectivity index (χ3n) is 3.03. The number of hydrogen-bond donors (Lipinski definition) is 2. The van der Waals surface area contributed by atoms with E-state index in [9.17, 15) is 9.59 Å². The minimum atomic E-state index is -0.516. The van der Waals surface area contributed by atoms with Gasteiger partial charge in [-0.3, -0.25) is 14.6 Å². The van der Waals surface area contributed by atoms with Gasteiger partial charge in [0.2, 0.25) is 11.8 Å². The molecule has 130 valence electrons. The van der Waals surface area contributed by atoms with Crippen LogP contribution in [0.15, 0.2) is 17.1 Å². The smallest absolute Gasteiger partial charge is 0.240 e. The Labute approximate surface area is 159 Å².